The lowest BCUT2D eigenvalue weighted by Crippen LogP contribution is -2.18. The number of benzene rings is 1. The van der Waals surface area contributed by atoms with Crippen molar-refractivity contribution in [2.45, 2.75) is 44.9 Å². The Kier molecular flexibility index (Phi) is 5.17. The van der Waals surface area contributed by atoms with Crippen LogP contribution in [0.4, 0.5) is 0 Å². The second-order valence-electron chi connectivity index (χ2n) is 4.49. The molecule has 0 spiro atoms. The number of rotatable bonds is 5. The normalized spacial score (nSPS) is 15.3. The third-order valence-corrected chi connectivity index (χ3v) is 3.66. The molecule has 0 radical (unpaired) electrons. The van der Waals surface area contributed by atoms with E-state index in [1.54, 1.807) is 0 Å². The quantitative estimate of drug-likeness (QED) is 0.629. The van der Waals surface area contributed by atoms with Crippen molar-refractivity contribution in [1.29, 1.82) is 0 Å². The van der Waals surface area contributed by atoms with Gasteiger partial charge in [-0.3, -0.25) is 0 Å². The summed E-state index contributed by atoms with van der Waals surface area (Å²) >= 11 is 6.50. The van der Waals surface area contributed by atoms with Crippen molar-refractivity contribution in [3.63, 3.8) is 0 Å². The number of alkyl halides is 1. The van der Waals surface area contributed by atoms with Gasteiger partial charge in [0.05, 0.1) is 0 Å². The molecule has 0 amide bonds. The van der Waals surface area contributed by atoms with Crippen molar-refractivity contribution in [2.75, 3.05) is 0 Å². The minimum atomic E-state index is 0.243. The maximum atomic E-state index is 6.50. The van der Waals surface area contributed by atoms with Crippen LogP contribution in [0, 0.1) is 5.92 Å². The van der Waals surface area contributed by atoms with Crippen LogP contribution in [0.3, 0.4) is 0 Å². The Morgan fingerprint density at radius 2 is 1.73 bits per heavy atom. The van der Waals surface area contributed by atoms with Crippen molar-refractivity contribution in [3.05, 3.63) is 35.9 Å². The van der Waals surface area contributed by atoms with Gasteiger partial charge in [-0.2, -0.15) is 0 Å². The summed E-state index contributed by atoms with van der Waals surface area (Å²) in [6.45, 7) is 6.62. The van der Waals surface area contributed by atoms with E-state index in [0.717, 1.165) is 0 Å². The summed E-state index contributed by atoms with van der Waals surface area (Å²) in [6, 6.07) is 10.6. The molecular formula is C14H21Cl. The van der Waals surface area contributed by atoms with Gasteiger partial charge < -0.3 is 0 Å². The highest BCUT2D eigenvalue weighted by atomic mass is 35.5. The standard InChI is InChI=1S/C14H21Cl/c1-4-8-13(14(15)11(2)3)12-9-6-5-7-10-12/h5-7,9-11,13-14H,4,8H2,1-3H3. The molecule has 0 heterocycles. The zero-order valence-corrected chi connectivity index (χ0v) is 10.7. The van der Waals surface area contributed by atoms with E-state index in [2.05, 4.69) is 51.1 Å². The lowest BCUT2D eigenvalue weighted by atomic mass is 9.86. The van der Waals surface area contributed by atoms with E-state index >= 15 is 0 Å². The second-order valence-corrected chi connectivity index (χ2v) is 5.00. The van der Waals surface area contributed by atoms with Crippen LogP contribution < -0.4 is 0 Å². The van der Waals surface area contributed by atoms with E-state index in [-0.39, 0.29) is 5.38 Å². The van der Waals surface area contributed by atoms with E-state index in [1.165, 1.54) is 18.4 Å². The van der Waals surface area contributed by atoms with Gasteiger partial charge in [0.2, 0.25) is 0 Å². The van der Waals surface area contributed by atoms with E-state index < -0.39 is 0 Å². The van der Waals surface area contributed by atoms with Gasteiger partial charge in [-0.15, -0.1) is 11.6 Å². The lowest BCUT2D eigenvalue weighted by Gasteiger charge is -2.25. The second kappa shape index (κ2) is 6.17. The van der Waals surface area contributed by atoms with E-state index in [1.807, 2.05) is 0 Å². The van der Waals surface area contributed by atoms with Gasteiger partial charge in [-0.05, 0) is 17.9 Å². The zero-order valence-electron chi connectivity index (χ0n) is 9.91. The van der Waals surface area contributed by atoms with Crippen molar-refractivity contribution >= 4 is 11.6 Å². The number of hydrogen-bond acceptors (Lipinski definition) is 0. The van der Waals surface area contributed by atoms with Crippen LogP contribution in [0.15, 0.2) is 30.3 Å². The Bertz CT molecular complexity index is 266. The maximum absolute atomic E-state index is 6.50. The summed E-state index contributed by atoms with van der Waals surface area (Å²) in [6.07, 6.45) is 2.37. The first-order valence-electron chi connectivity index (χ1n) is 5.85. The van der Waals surface area contributed by atoms with Gasteiger partial charge in [0.15, 0.2) is 0 Å². The predicted octanol–water partition coefficient (Wildman–Crippen LogP) is 4.83. The van der Waals surface area contributed by atoms with E-state index in [0.29, 0.717) is 11.8 Å². The largest absolute Gasteiger partial charge is 0.122 e. The maximum Gasteiger partial charge on any atom is 0.0427 e. The highest BCUT2D eigenvalue weighted by Gasteiger charge is 2.22. The molecule has 1 aromatic rings. The molecule has 0 aromatic heterocycles. The molecule has 0 aliphatic rings. The summed E-state index contributed by atoms with van der Waals surface area (Å²) in [5.41, 5.74) is 1.38. The first kappa shape index (κ1) is 12.6. The van der Waals surface area contributed by atoms with Crippen LogP contribution in [0.5, 0.6) is 0 Å². The monoisotopic (exact) mass is 224 g/mol. The molecule has 0 N–H and O–H groups in total. The summed E-state index contributed by atoms with van der Waals surface area (Å²) in [4.78, 5) is 0. The molecule has 0 nitrogen and oxygen atoms in total. The molecule has 2 unspecified atom stereocenters. The lowest BCUT2D eigenvalue weighted by molar-refractivity contribution is 0.481. The number of halogens is 1. The summed E-state index contributed by atoms with van der Waals surface area (Å²) in [5.74, 6) is 1.03. The fraction of sp³-hybridized carbons (Fsp3) is 0.571. The van der Waals surface area contributed by atoms with Gasteiger partial charge >= 0.3 is 0 Å². The molecule has 15 heavy (non-hydrogen) atoms. The minimum absolute atomic E-state index is 0.243. The summed E-state index contributed by atoms with van der Waals surface area (Å²) in [5, 5.41) is 0.243. The van der Waals surface area contributed by atoms with Crippen molar-refractivity contribution < 1.29 is 0 Å². The van der Waals surface area contributed by atoms with Gasteiger partial charge in [-0.25, -0.2) is 0 Å². The molecule has 1 rings (SSSR count). The first-order valence-corrected chi connectivity index (χ1v) is 6.29. The molecular weight excluding hydrogens is 204 g/mol. The van der Waals surface area contributed by atoms with E-state index in [9.17, 15) is 0 Å². The molecule has 0 fully saturated rings. The predicted molar refractivity (Wildman–Crippen MR) is 68.6 cm³/mol. The molecule has 1 aromatic carbocycles. The Balaban J connectivity index is 2.83. The Hall–Kier alpha value is -0.490. The minimum Gasteiger partial charge on any atom is -0.122 e. The molecule has 0 saturated carbocycles. The van der Waals surface area contributed by atoms with Crippen LogP contribution >= 0.6 is 11.6 Å². The van der Waals surface area contributed by atoms with Gasteiger partial charge in [0, 0.05) is 11.3 Å². The van der Waals surface area contributed by atoms with E-state index in [4.69, 9.17) is 11.6 Å². The van der Waals surface area contributed by atoms with Gasteiger partial charge in [0.1, 0.15) is 0 Å². The molecule has 84 valence electrons. The van der Waals surface area contributed by atoms with Crippen molar-refractivity contribution in [1.82, 2.24) is 0 Å². The highest BCUT2D eigenvalue weighted by molar-refractivity contribution is 6.21. The zero-order chi connectivity index (χ0) is 11.3. The van der Waals surface area contributed by atoms with Crippen LogP contribution in [-0.4, -0.2) is 5.38 Å². The third kappa shape index (κ3) is 3.53. The fourth-order valence-corrected chi connectivity index (χ4v) is 2.26. The van der Waals surface area contributed by atoms with Gasteiger partial charge in [0.25, 0.3) is 0 Å². The molecule has 0 saturated heterocycles. The molecule has 0 aliphatic carbocycles. The molecule has 0 aliphatic heterocycles. The smallest absolute Gasteiger partial charge is 0.0427 e. The van der Waals surface area contributed by atoms with Crippen molar-refractivity contribution in [3.8, 4) is 0 Å². The summed E-state index contributed by atoms with van der Waals surface area (Å²) in [7, 11) is 0. The Morgan fingerprint density at radius 3 is 2.20 bits per heavy atom. The third-order valence-electron chi connectivity index (χ3n) is 2.85. The SMILES string of the molecule is CCCC(c1ccccc1)C(Cl)C(C)C. The van der Waals surface area contributed by atoms with Crippen LogP contribution in [0.25, 0.3) is 0 Å². The average Bonchev–Trinajstić information content (AvgIpc) is 2.26. The molecule has 0 bridgehead atoms. The fourth-order valence-electron chi connectivity index (χ4n) is 1.99. The van der Waals surface area contributed by atoms with Gasteiger partial charge in [-0.1, -0.05) is 57.5 Å². The van der Waals surface area contributed by atoms with Crippen LogP contribution in [-0.2, 0) is 0 Å². The van der Waals surface area contributed by atoms with Crippen LogP contribution in [0.2, 0.25) is 0 Å². The molecule has 2 atom stereocenters. The highest BCUT2D eigenvalue weighted by Crippen LogP contribution is 2.32. The Morgan fingerprint density at radius 1 is 1.13 bits per heavy atom. The Labute approximate surface area is 98.7 Å². The first-order chi connectivity index (χ1) is 7.16. The topological polar surface area (TPSA) is 0 Å². The number of hydrogen-bond donors (Lipinski definition) is 0. The summed E-state index contributed by atoms with van der Waals surface area (Å²) < 4.78 is 0. The molecule has 1 heteroatoms. The van der Waals surface area contributed by atoms with Crippen LogP contribution in [0.1, 0.15) is 45.1 Å². The van der Waals surface area contributed by atoms with Crippen molar-refractivity contribution in [2.24, 2.45) is 5.92 Å². The average molecular weight is 225 g/mol.